The van der Waals surface area contributed by atoms with Crippen molar-refractivity contribution in [1.29, 1.82) is 5.26 Å². The van der Waals surface area contributed by atoms with Gasteiger partial charge in [0.15, 0.2) is 0 Å². The maximum atomic E-state index is 12.5. The van der Waals surface area contributed by atoms with Crippen molar-refractivity contribution in [2.75, 3.05) is 12.4 Å². The Morgan fingerprint density at radius 2 is 2.08 bits per heavy atom. The molecule has 0 saturated heterocycles. The van der Waals surface area contributed by atoms with Gasteiger partial charge in [-0.05, 0) is 0 Å². The van der Waals surface area contributed by atoms with Crippen LogP contribution in [0.25, 0.3) is 0 Å². The minimum atomic E-state index is -1.16. The van der Waals surface area contributed by atoms with E-state index in [1.54, 1.807) is 13.2 Å². The number of allylic oxidation sites excluding steroid dienone is 3. The SMILES string of the molecule is COc1cccc(Nc2ccccc2CC(=O)C2=[CH][In][C](C#N)=C2)c1. The van der Waals surface area contributed by atoms with Crippen LogP contribution in [0.5, 0.6) is 5.75 Å². The van der Waals surface area contributed by atoms with E-state index in [0.717, 1.165) is 26.0 Å². The molecule has 0 atom stereocenters. The van der Waals surface area contributed by atoms with Crippen LogP contribution in [0.15, 0.2) is 67.3 Å². The first-order valence-corrected chi connectivity index (χ1v) is 11.4. The summed E-state index contributed by atoms with van der Waals surface area (Å²) in [7, 11) is 1.63. The van der Waals surface area contributed by atoms with Crippen molar-refractivity contribution in [1.82, 2.24) is 0 Å². The molecule has 2 aromatic rings. The number of hydrogen-bond acceptors (Lipinski definition) is 4. The summed E-state index contributed by atoms with van der Waals surface area (Å²) in [4.78, 5) is 12.5. The standard InChI is InChI=1S/C20H16N2O2.In/c1-15(7-6-12-21)20(23)13-16-8-3-4-11-19(16)22-17-9-5-10-18(14-17)24-2;/h1,3-5,7-11,14,22H,13H2,2H3;. The van der Waals surface area contributed by atoms with Crippen LogP contribution in [0.1, 0.15) is 5.56 Å². The number of Topliss-reactive ketones (excluding diaryl/α,β-unsaturated/α-hetero) is 1. The van der Waals surface area contributed by atoms with Crippen LogP contribution in [0, 0.1) is 11.3 Å². The third-order valence-electron chi connectivity index (χ3n) is 3.92. The van der Waals surface area contributed by atoms with Gasteiger partial charge in [0.2, 0.25) is 0 Å². The number of methoxy groups -OCH3 is 1. The number of rotatable bonds is 6. The van der Waals surface area contributed by atoms with Crippen LogP contribution in [-0.4, -0.2) is 35.8 Å². The van der Waals surface area contributed by atoms with Gasteiger partial charge in [0, 0.05) is 0 Å². The van der Waals surface area contributed by atoms with E-state index in [1.165, 1.54) is 0 Å². The molecule has 5 heteroatoms. The number of nitrogens with one attached hydrogen (secondary N) is 1. The Hall–Kier alpha value is -2.45. The number of hydrogen-bond donors (Lipinski definition) is 1. The molecular weight excluding hydrogens is 415 g/mol. The number of benzene rings is 2. The van der Waals surface area contributed by atoms with Gasteiger partial charge >= 0.3 is 158 Å². The normalized spacial score (nSPS) is 12.5. The topological polar surface area (TPSA) is 62.1 Å². The Balaban J connectivity index is 1.78. The first-order chi connectivity index (χ1) is 12.2. The summed E-state index contributed by atoms with van der Waals surface area (Å²) in [6.07, 6.45) is 2.08. The molecular formula is C20H16InN2O2. The van der Waals surface area contributed by atoms with Gasteiger partial charge in [0.1, 0.15) is 0 Å². The molecule has 0 aromatic heterocycles. The number of nitriles is 1. The summed E-state index contributed by atoms with van der Waals surface area (Å²) in [5, 5.41) is 12.3. The zero-order valence-corrected chi connectivity index (χ0v) is 17.1. The van der Waals surface area contributed by atoms with E-state index in [4.69, 9.17) is 10.00 Å². The van der Waals surface area contributed by atoms with Crippen molar-refractivity contribution in [3.05, 3.63) is 72.9 Å². The average Bonchev–Trinajstić information content (AvgIpc) is 3.13. The molecule has 0 bridgehead atoms. The van der Waals surface area contributed by atoms with Crippen molar-refractivity contribution >= 4 is 40.1 Å². The van der Waals surface area contributed by atoms with E-state index in [1.807, 2.05) is 52.4 Å². The van der Waals surface area contributed by atoms with Gasteiger partial charge in [0.25, 0.3) is 0 Å². The monoisotopic (exact) mass is 431 g/mol. The summed E-state index contributed by atoms with van der Waals surface area (Å²) in [5.41, 5.74) is 3.44. The number of ether oxygens (including phenoxy) is 1. The molecule has 4 nitrogen and oxygen atoms in total. The molecule has 0 aliphatic carbocycles. The van der Waals surface area contributed by atoms with Crippen LogP contribution in [0.3, 0.4) is 0 Å². The van der Waals surface area contributed by atoms with E-state index in [0.29, 0.717) is 12.0 Å². The summed E-state index contributed by atoms with van der Waals surface area (Å²) in [6, 6.07) is 17.6. The molecule has 1 radical (unpaired) electrons. The molecule has 1 heterocycles. The van der Waals surface area contributed by atoms with E-state index in [-0.39, 0.29) is 5.78 Å². The fourth-order valence-corrected chi connectivity index (χ4v) is 5.44. The Bertz CT molecular complexity index is 910. The van der Waals surface area contributed by atoms with Crippen LogP contribution in [-0.2, 0) is 11.2 Å². The molecule has 121 valence electrons. The van der Waals surface area contributed by atoms with Crippen molar-refractivity contribution in [2.24, 2.45) is 0 Å². The number of para-hydroxylation sites is 1. The maximum absolute atomic E-state index is 12.5. The van der Waals surface area contributed by atoms with Gasteiger partial charge in [-0.15, -0.1) is 0 Å². The molecule has 3 rings (SSSR count). The van der Waals surface area contributed by atoms with Crippen LogP contribution < -0.4 is 10.1 Å². The number of nitrogens with zero attached hydrogens (tertiary/aromatic N) is 1. The molecule has 1 aliphatic rings. The predicted molar refractivity (Wildman–Crippen MR) is 99.0 cm³/mol. The van der Waals surface area contributed by atoms with Crippen LogP contribution in [0.4, 0.5) is 11.4 Å². The van der Waals surface area contributed by atoms with Gasteiger partial charge in [-0.2, -0.15) is 0 Å². The zero-order valence-electron chi connectivity index (χ0n) is 13.8. The number of anilines is 2. The second-order valence-electron chi connectivity index (χ2n) is 5.61. The molecule has 2 aromatic carbocycles. The summed E-state index contributed by atoms with van der Waals surface area (Å²) in [5.74, 6) is 0.840. The van der Waals surface area contributed by atoms with Crippen LogP contribution in [0.2, 0.25) is 0 Å². The van der Waals surface area contributed by atoms with Crippen molar-refractivity contribution in [3.63, 3.8) is 0 Å². The Morgan fingerprint density at radius 1 is 1.24 bits per heavy atom. The molecule has 0 amide bonds. The van der Waals surface area contributed by atoms with Gasteiger partial charge in [-0.3, -0.25) is 0 Å². The summed E-state index contributed by atoms with van der Waals surface area (Å²) in [6.45, 7) is 0. The average molecular weight is 431 g/mol. The molecule has 0 fully saturated rings. The molecule has 25 heavy (non-hydrogen) atoms. The molecule has 0 unspecified atom stereocenters. The summed E-state index contributed by atoms with van der Waals surface area (Å²) >= 11 is -1.16. The molecule has 1 N–H and O–H groups in total. The van der Waals surface area contributed by atoms with Gasteiger partial charge in [-0.1, -0.05) is 0 Å². The molecule has 1 aliphatic heterocycles. The van der Waals surface area contributed by atoms with Crippen molar-refractivity contribution in [3.8, 4) is 11.8 Å². The predicted octanol–water partition coefficient (Wildman–Crippen LogP) is 3.56. The van der Waals surface area contributed by atoms with Gasteiger partial charge in [-0.25, -0.2) is 0 Å². The van der Waals surface area contributed by atoms with E-state index in [9.17, 15) is 4.79 Å². The fourth-order valence-electron chi connectivity index (χ4n) is 2.61. The van der Waals surface area contributed by atoms with Crippen molar-refractivity contribution in [2.45, 2.75) is 6.42 Å². The van der Waals surface area contributed by atoms with E-state index >= 15 is 0 Å². The zero-order chi connectivity index (χ0) is 17.6. The Labute approximate surface area is 158 Å². The third kappa shape index (κ3) is 4.34. The molecule has 0 saturated carbocycles. The van der Waals surface area contributed by atoms with Crippen LogP contribution >= 0.6 is 0 Å². The fraction of sp³-hybridized carbons (Fsp3) is 0.100. The van der Waals surface area contributed by atoms with Crippen molar-refractivity contribution < 1.29 is 9.53 Å². The Kier molecular flexibility index (Phi) is 5.62. The van der Waals surface area contributed by atoms with Gasteiger partial charge in [0.05, 0.1) is 0 Å². The Morgan fingerprint density at radius 3 is 2.84 bits per heavy atom. The van der Waals surface area contributed by atoms with E-state index in [2.05, 4.69) is 11.4 Å². The molecule has 0 spiro atoms. The minimum absolute atomic E-state index is 0.0662. The summed E-state index contributed by atoms with van der Waals surface area (Å²) < 4.78 is 8.08. The quantitative estimate of drug-likeness (QED) is 0.760. The van der Waals surface area contributed by atoms with E-state index < -0.39 is 22.9 Å². The second kappa shape index (κ2) is 8.09. The first kappa shape index (κ1) is 17.4. The third-order valence-corrected chi connectivity index (χ3v) is 7.29. The number of carbonyl (C=O) groups excluding carboxylic acids is 1. The second-order valence-corrected chi connectivity index (χ2v) is 9.29. The number of carbonyl (C=O) groups is 1. The number of ketones is 1. The van der Waals surface area contributed by atoms with Gasteiger partial charge < -0.3 is 0 Å². The first-order valence-electron chi connectivity index (χ1n) is 7.88.